The lowest BCUT2D eigenvalue weighted by Gasteiger charge is -2.29. The molecule has 1 aliphatic rings. The highest BCUT2D eigenvalue weighted by molar-refractivity contribution is 8.76. The van der Waals surface area contributed by atoms with Gasteiger partial charge in [0.1, 0.15) is 48.0 Å². The molecule has 1 fully saturated rings. The van der Waals surface area contributed by atoms with E-state index < -0.39 is 108 Å². The van der Waals surface area contributed by atoms with E-state index in [1.54, 1.807) is 32.2 Å². The smallest absolute Gasteiger partial charge is 0.244 e. The zero-order valence-corrected chi connectivity index (χ0v) is 44.7. The van der Waals surface area contributed by atoms with Gasteiger partial charge < -0.3 is 69.6 Å². The van der Waals surface area contributed by atoms with E-state index >= 15 is 0 Å². The topological polar surface area (TPSA) is 355 Å². The van der Waals surface area contributed by atoms with Crippen LogP contribution >= 0.6 is 21.6 Å². The van der Waals surface area contributed by atoms with Crippen LogP contribution in [-0.2, 0) is 57.6 Å². The molecule has 0 saturated carbocycles. The van der Waals surface area contributed by atoms with E-state index in [9.17, 15) is 48.6 Å². The summed E-state index contributed by atoms with van der Waals surface area (Å²) < 4.78 is 0. The molecule has 8 amide bonds. The average molecular weight is 1110 g/mol. The van der Waals surface area contributed by atoms with Gasteiger partial charge in [-0.25, -0.2) is 0 Å². The molecule has 0 spiro atoms. The molecule has 21 nitrogen and oxygen atoms in total. The Labute approximate surface area is 461 Å². The van der Waals surface area contributed by atoms with E-state index in [0.29, 0.717) is 24.0 Å². The number of para-hydroxylation sites is 1. The van der Waals surface area contributed by atoms with Crippen LogP contribution in [0.3, 0.4) is 0 Å². The molecule has 1 aliphatic heterocycles. The van der Waals surface area contributed by atoms with Crippen LogP contribution in [0.1, 0.15) is 64.2 Å². The van der Waals surface area contributed by atoms with Crippen LogP contribution in [0.5, 0.6) is 5.75 Å². The highest BCUT2D eigenvalue weighted by Gasteiger charge is 2.36. The minimum absolute atomic E-state index is 0. The minimum atomic E-state index is -1.55. The Hall–Kier alpha value is -7.18. The first-order valence-electron chi connectivity index (χ1n) is 25.4. The third-order valence-electron chi connectivity index (χ3n) is 13.1. The summed E-state index contributed by atoms with van der Waals surface area (Å²) in [5.74, 6) is -7.66. The Morgan fingerprint density at radius 2 is 1.33 bits per heavy atom. The third kappa shape index (κ3) is 17.4. The summed E-state index contributed by atoms with van der Waals surface area (Å²) in [6.45, 7) is 4.85. The standard InChI is InChI=1S/C54H69N11O10S2.CH4/c1-29(2)45-54(75)63-44(53(74)65-46(30(3)66)47(57)68)28-77-76-27-43(62-48(69)38(56)23-32-15-18-33-10-4-5-11-34(33)22-32)52(73)60-41(24-31-16-19-36(67)20-17-31)50(71)61-42(25-35-26-58-39-13-7-6-12-37(35)39)51(72)59-40(49(70)64-45)14-8-9-21-55;/h4-7,10-13,15-20,22,26,29-30,38,40-46,58,66-67H,8-9,14,21,23-25,27-28,55-56H2,1-3H3,(H2,57,68)(H,59,72)(H,60,73)(H,61,71)(H,62,69)(H,63,75)(H,64,70)(H,65,74);1H4. The third-order valence-corrected chi connectivity index (χ3v) is 15.5. The van der Waals surface area contributed by atoms with Crippen molar-refractivity contribution in [3.8, 4) is 5.75 Å². The molecular weight excluding hydrogens is 1040 g/mol. The van der Waals surface area contributed by atoms with Crippen LogP contribution in [0, 0.1) is 5.92 Å². The second-order valence-electron chi connectivity index (χ2n) is 19.4. The number of benzene rings is 4. The Morgan fingerprint density at radius 1 is 0.718 bits per heavy atom. The number of carbonyl (C=O) groups excluding carboxylic acids is 8. The van der Waals surface area contributed by atoms with Crippen LogP contribution in [0.2, 0.25) is 0 Å². The molecule has 420 valence electrons. The number of unbranched alkanes of at least 4 members (excludes halogenated alkanes) is 1. The number of hydrogen-bond donors (Lipinski definition) is 13. The molecule has 0 aliphatic carbocycles. The number of hydrogen-bond acceptors (Lipinski definition) is 14. The normalized spacial score (nSPS) is 21.3. The lowest BCUT2D eigenvalue weighted by atomic mass is 10.00. The Balaban J connectivity index is 0.0000112. The predicted octanol–water partition coefficient (Wildman–Crippen LogP) is 1.46. The van der Waals surface area contributed by atoms with E-state index in [0.717, 1.165) is 48.8 Å². The molecule has 1 aromatic heterocycles. The van der Waals surface area contributed by atoms with Crippen LogP contribution in [0.4, 0.5) is 0 Å². The van der Waals surface area contributed by atoms with Crippen LogP contribution < -0.4 is 54.4 Å². The van der Waals surface area contributed by atoms with Gasteiger partial charge in [0.05, 0.1) is 12.1 Å². The van der Waals surface area contributed by atoms with Crippen molar-refractivity contribution in [3.63, 3.8) is 0 Å². The van der Waals surface area contributed by atoms with Gasteiger partial charge in [-0.2, -0.15) is 0 Å². The maximum Gasteiger partial charge on any atom is 0.244 e. The molecule has 0 bridgehead atoms. The van der Waals surface area contributed by atoms with Crippen LogP contribution in [0.15, 0.2) is 97.2 Å². The number of fused-ring (bicyclic) bond motifs is 2. The molecule has 6 rings (SSSR count). The van der Waals surface area contributed by atoms with E-state index in [4.69, 9.17) is 17.2 Å². The van der Waals surface area contributed by atoms with Crippen LogP contribution in [0.25, 0.3) is 21.7 Å². The van der Waals surface area contributed by atoms with Gasteiger partial charge in [0.2, 0.25) is 47.3 Å². The number of aliphatic hydroxyl groups is 1. The first-order valence-corrected chi connectivity index (χ1v) is 27.9. The predicted molar refractivity (Wildman–Crippen MR) is 303 cm³/mol. The Kier molecular flexibility index (Phi) is 23.3. The van der Waals surface area contributed by atoms with Crippen molar-refractivity contribution in [2.24, 2.45) is 23.1 Å². The number of phenols is 1. The SMILES string of the molecule is C.CC(C)C1NC(=O)C(CCCCN)NC(=O)C(Cc2c[nH]c3ccccc23)NC(=O)C(Cc2ccc(O)cc2)NC(=O)C(NC(=O)C(N)Cc2ccc3ccccc3c2)CSSCC(C(=O)NC(C(N)=O)C(C)O)NC1=O. The fraction of sp³-hybridized carbons (Fsp3) is 0.418. The average Bonchev–Trinajstić information content (AvgIpc) is 3.81. The van der Waals surface area contributed by atoms with Crippen molar-refractivity contribution in [2.75, 3.05) is 18.1 Å². The number of primary amides is 1. The first kappa shape index (κ1) is 61.7. The van der Waals surface area contributed by atoms with Gasteiger partial charge in [-0.15, -0.1) is 0 Å². The van der Waals surface area contributed by atoms with Gasteiger partial charge in [0.15, 0.2) is 0 Å². The van der Waals surface area contributed by atoms with E-state index in [-0.39, 0.29) is 56.9 Å². The van der Waals surface area contributed by atoms with Crippen molar-refractivity contribution >= 4 is 90.5 Å². The van der Waals surface area contributed by atoms with Crippen molar-refractivity contribution in [1.82, 2.24) is 42.2 Å². The molecule has 9 unspecified atom stereocenters. The lowest BCUT2D eigenvalue weighted by molar-refractivity contribution is -0.136. The Bertz CT molecular complexity index is 2890. The van der Waals surface area contributed by atoms with E-state index in [1.165, 1.54) is 19.1 Å². The summed E-state index contributed by atoms with van der Waals surface area (Å²) in [6.07, 6.45) is 1.05. The summed E-state index contributed by atoms with van der Waals surface area (Å²) in [4.78, 5) is 116. The van der Waals surface area contributed by atoms with Gasteiger partial charge in [0, 0.05) is 41.4 Å². The van der Waals surface area contributed by atoms with Gasteiger partial charge in [-0.05, 0) is 90.7 Å². The fourth-order valence-electron chi connectivity index (χ4n) is 8.71. The molecule has 23 heteroatoms. The quantitative estimate of drug-likeness (QED) is 0.0463. The van der Waals surface area contributed by atoms with Gasteiger partial charge >= 0.3 is 0 Å². The number of phenolic OH excluding ortho intramolecular Hbond substituents is 1. The Morgan fingerprint density at radius 3 is 2.01 bits per heavy atom. The van der Waals surface area contributed by atoms with Crippen LogP contribution in [-0.4, -0.2) is 135 Å². The molecule has 1 saturated heterocycles. The molecule has 5 aromatic rings. The molecule has 0 radical (unpaired) electrons. The monoisotopic (exact) mass is 1110 g/mol. The maximum atomic E-state index is 14.9. The van der Waals surface area contributed by atoms with Crippen molar-refractivity contribution in [2.45, 2.75) is 121 Å². The van der Waals surface area contributed by atoms with Crippen molar-refractivity contribution in [1.29, 1.82) is 0 Å². The fourth-order valence-corrected chi connectivity index (χ4v) is 11.0. The zero-order chi connectivity index (χ0) is 55.8. The number of aliphatic hydroxyl groups excluding tert-OH is 1. The second kappa shape index (κ2) is 29.5. The number of nitrogens with one attached hydrogen (secondary N) is 8. The van der Waals surface area contributed by atoms with Crippen molar-refractivity contribution < 1.29 is 48.6 Å². The summed E-state index contributed by atoms with van der Waals surface area (Å²) in [7, 11) is 2.03. The van der Waals surface area contributed by atoms with Gasteiger partial charge in [0.25, 0.3) is 0 Å². The molecule has 78 heavy (non-hydrogen) atoms. The summed E-state index contributed by atoms with van der Waals surface area (Å²) in [5.41, 5.74) is 20.5. The highest BCUT2D eigenvalue weighted by Crippen LogP contribution is 2.25. The van der Waals surface area contributed by atoms with Gasteiger partial charge in [-0.1, -0.05) is 116 Å². The zero-order valence-electron chi connectivity index (χ0n) is 43.1. The molecule has 2 heterocycles. The molecule has 16 N–H and O–H groups in total. The maximum absolute atomic E-state index is 14.9. The minimum Gasteiger partial charge on any atom is -0.508 e. The summed E-state index contributed by atoms with van der Waals surface area (Å²) >= 11 is 0. The number of amides is 8. The number of H-pyrrole nitrogens is 1. The number of aromatic hydroxyl groups is 1. The summed E-state index contributed by atoms with van der Waals surface area (Å²) in [6, 6.07) is 15.8. The van der Waals surface area contributed by atoms with Gasteiger partial charge in [-0.3, -0.25) is 38.4 Å². The lowest BCUT2D eigenvalue weighted by Crippen LogP contribution is -2.62. The number of carbonyl (C=O) groups is 8. The number of nitrogens with two attached hydrogens (primary N) is 3. The molecule has 9 atom stereocenters. The first-order chi connectivity index (χ1) is 36.8. The summed E-state index contributed by atoms with van der Waals surface area (Å²) in [5, 5.41) is 42.1. The van der Waals surface area contributed by atoms with E-state index in [1.807, 2.05) is 66.7 Å². The highest BCUT2D eigenvalue weighted by atomic mass is 33.1. The number of aromatic nitrogens is 1. The van der Waals surface area contributed by atoms with Crippen molar-refractivity contribution in [3.05, 3.63) is 114 Å². The molecule has 4 aromatic carbocycles. The second-order valence-corrected chi connectivity index (χ2v) is 22.0. The largest absolute Gasteiger partial charge is 0.508 e. The number of aromatic amines is 1. The van der Waals surface area contributed by atoms with E-state index in [2.05, 4.69) is 42.2 Å². The molecular formula is C55H73N11O10S2. The number of rotatable bonds is 17.